The van der Waals surface area contributed by atoms with Crippen LogP contribution in [0.4, 0.5) is 4.39 Å². The first-order valence-corrected chi connectivity index (χ1v) is 13.3. The van der Waals surface area contributed by atoms with Crippen LogP contribution in [-0.4, -0.2) is 37.6 Å². The number of hydrogen-bond donors (Lipinski definition) is 0. The summed E-state index contributed by atoms with van der Waals surface area (Å²) in [4.78, 5) is 39.6. The van der Waals surface area contributed by atoms with Crippen LogP contribution in [0.1, 0.15) is 47.6 Å². The first-order valence-electron chi connectivity index (χ1n) is 13.3. The summed E-state index contributed by atoms with van der Waals surface area (Å²) in [6.07, 6.45) is 8.59. The zero-order valence-electron chi connectivity index (χ0n) is 22.5. The minimum absolute atomic E-state index is 0.00111. The van der Waals surface area contributed by atoms with E-state index >= 15 is 0 Å². The maximum Gasteiger partial charge on any atom is 0.218 e. The number of methoxy groups -OCH3 is 1. The molecule has 9 nitrogen and oxygen atoms in total. The van der Waals surface area contributed by atoms with Crippen molar-refractivity contribution in [3.63, 3.8) is 0 Å². The molecule has 3 aromatic heterocycles. The Balaban J connectivity index is 1.24. The quantitative estimate of drug-likeness (QED) is 0.221. The van der Waals surface area contributed by atoms with Gasteiger partial charge in [0.25, 0.3) is 0 Å². The van der Waals surface area contributed by atoms with E-state index in [1.54, 1.807) is 24.1 Å². The fourth-order valence-corrected chi connectivity index (χ4v) is 4.63. The third kappa shape index (κ3) is 5.41. The number of Topliss-reactive ketones (excluding diaryl/α,β-unsaturated/α-hetero) is 1. The third-order valence-electron chi connectivity index (χ3n) is 6.99. The maximum absolute atomic E-state index is 13.5. The van der Waals surface area contributed by atoms with Crippen LogP contribution in [0, 0.1) is 5.82 Å². The number of ether oxygens (including phenoxy) is 2. The van der Waals surface area contributed by atoms with Crippen molar-refractivity contribution in [3.05, 3.63) is 100 Å². The van der Waals surface area contributed by atoms with Gasteiger partial charge in [0, 0.05) is 23.3 Å². The van der Waals surface area contributed by atoms with E-state index in [9.17, 15) is 14.0 Å². The van der Waals surface area contributed by atoms with Gasteiger partial charge in [-0.05, 0) is 67.3 Å². The molecule has 0 bridgehead atoms. The minimum atomic E-state index is -0.510. The molecule has 0 N–H and O–H groups in total. The number of halogens is 1. The van der Waals surface area contributed by atoms with Crippen molar-refractivity contribution in [2.75, 3.05) is 7.11 Å². The lowest BCUT2D eigenvalue weighted by molar-refractivity contribution is 0.0988. The van der Waals surface area contributed by atoms with Gasteiger partial charge >= 0.3 is 0 Å². The summed E-state index contributed by atoms with van der Waals surface area (Å²) >= 11 is 0. The summed E-state index contributed by atoms with van der Waals surface area (Å²) in [6.45, 7) is 2.05. The number of hydrogen-bond acceptors (Lipinski definition) is 8. The monoisotopic (exact) mass is 551 g/mol. The molecule has 5 aromatic rings. The summed E-state index contributed by atoms with van der Waals surface area (Å²) in [5.41, 5.74) is 1.87. The van der Waals surface area contributed by atoms with Crippen molar-refractivity contribution < 1.29 is 18.7 Å². The van der Waals surface area contributed by atoms with Crippen molar-refractivity contribution in [1.29, 1.82) is 0 Å². The van der Waals surface area contributed by atoms with Gasteiger partial charge in [0.1, 0.15) is 28.8 Å². The number of carbonyl (C=O) groups is 1. The molecule has 0 amide bonds. The van der Waals surface area contributed by atoms with Gasteiger partial charge in [-0.25, -0.2) is 14.4 Å². The van der Waals surface area contributed by atoms with E-state index in [-0.39, 0.29) is 29.5 Å². The number of carbonyl (C=O) groups excluding carboxylic acids is 1. The van der Waals surface area contributed by atoms with E-state index in [1.807, 2.05) is 12.1 Å². The highest BCUT2D eigenvalue weighted by molar-refractivity contribution is 5.97. The van der Waals surface area contributed by atoms with Gasteiger partial charge in [-0.3, -0.25) is 19.3 Å². The summed E-state index contributed by atoms with van der Waals surface area (Å²) in [7, 11) is 1.63. The highest BCUT2D eigenvalue weighted by atomic mass is 19.1. The van der Waals surface area contributed by atoms with Crippen LogP contribution in [0.15, 0.2) is 72.0 Å². The zero-order valence-corrected chi connectivity index (χ0v) is 22.5. The number of benzene rings is 2. The number of ketones is 1. The fraction of sp³-hybridized carbons (Fsp3) is 0.226. The number of rotatable bonds is 9. The van der Waals surface area contributed by atoms with E-state index < -0.39 is 17.0 Å². The Morgan fingerprint density at radius 1 is 1.05 bits per heavy atom. The number of nitrogens with zero attached hydrogens (tertiary/aromatic N) is 5. The molecule has 0 radical (unpaired) electrons. The summed E-state index contributed by atoms with van der Waals surface area (Å²) in [5.74, 6) is 1.09. The molecular formula is C31H26FN5O4. The van der Waals surface area contributed by atoms with Crippen LogP contribution in [0.25, 0.3) is 22.2 Å². The van der Waals surface area contributed by atoms with Gasteiger partial charge in [0.05, 0.1) is 43.0 Å². The van der Waals surface area contributed by atoms with Crippen molar-refractivity contribution in [1.82, 2.24) is 24.7 Å². The Morgan fingerprint density at radius 2 is 1.80 bits per heavy atom. The molecule has 1 fully saturated rings. The van der Waals surface area contributed by atoms with E-state index in [1.165, 1.54) is 42.9 Å². The normalized spacial score (nSPS) is 12.9. The fourth-order valence-electron chi connectivity index (χ4n) is 4.63. The van der Waals surface area contributed by atoms with Crippen LogP contribution in [0.3, 0.4) is 0 Å². The second-order valence-electron chi connectivity index (χ2n) is 9.82. The molecule has 206 valence electrons. The predicted octanol–water partition coefficient (Wildman–Crippen LogP) is 5.51. The summed E-state index contributed by atoms with van der Waals surface area (Å²) in [6, 6.07) is 11.2. The molecule has 0 aliphatic heterocycles. The third-order valence-corrected chi connectivity index (χ3v) is 6.99. The molecule has 1 saturated carbocycles. The average molecular weight is 552 g/mol. The lowest BCUT2D eigenvalue weighted by Crippen LogP contribution is -2.24. The molecule has 2 aromatic carbocycles. The highest BCUT2D eigenvalue weighted by Gasteiger charge is 2.27. The van der Waals surface area contributed by atoms with Gasteiger partial charge in [0.15, 0.2) is 11.5 Å². The Bertz CT molecular complexity index is 1820. The molecule has 0 saturated heterocycles. The Hall–Kier alpha value is -4.99. The first kappa shape index (κ1) is 26.2. The molecule has 0 spiro atoms. The number of pyridine rings is 1. The molecule has 0 atom stereocenters. The van der Waals surface area contributed by atoms with Crippen LogP contribution in [0.5, 0.6) is 17.2 Å². The lowest BCUT2D eigenvalue weighted by Gasteiger charge is -2.12. The van der Waals surface area contributed by atoms with E-state index in [0.717, 1.165) is 41.5 Å². The van der Waals surface area contributed by atoms with Crippen LogP contribution in [-0.2, 0) is 12.8 Å². The summed E-state index contributed by atoms with van der Waals surface area (Å²) in [5, 5.41) is 5.23. The first-order chi connectivity index (χ1) is 19.9. The van der Waals surface area contributed by atoms with Gasteiger partial charge in [-0.15, -0.1) is 0 Å². The van der Waals surface area contributed by atoms with E-state index in [0.29, 0.717) is 17.1 Å². The predicted molar refractivity (Wildman–Crippen MR) is 150 cm³/mol. The van der Waals surface area contributed by atoms with E-state index in [2.05, 4.69) is 27.0 Å². The number of aryl methyl sites for hydroxylation is 1. The van der Waals surface area contributed by atoms with E-state index in [4.69, 9.17) is 9.47 Å². The van der Waals surface area contributed by atoms with Crippen molar-refractivity contribution in [2.24, 2.45) is 0 Å². The molecule has 1 aliphatic carbocycles. The van der Waals surface area contributed by atoms with Crippen molar-refractivity contribution in [2.45, 2.75) is 38.6 Å². The number of aromatic nitrogens is 5. The van der Waals surface area contributed by atoms with Gasteiger partial charge in [-0.1, -0.05) is 6.92 Å². The van der Waals surface area contributed by atoms with Gasteiger partial charge < -0.3 is 9.47 Å². The minimum Gasteiger partial charge on any atom is -0.496 e. The SMILES string of the molecule is CCc1cc2nccc(Oc3cnc(CC(=O)c4cn(C5CC5)nc(-c5ccc(F)cc5)c4=O)nc3)c2cc1OC. The van der Waals surface area contributed by atoms with Gasteiger partial charge in [-0.2, -0.15) is 5.10 Å². The molecule has 3 heterocycles. The van der Waals surface area contributed by atoms with Crippen LogP contribution >= 0.6 is 0 Å². The van der Waals surface area contributed by atoms with Crippen LogP contribution in [0.2, 0.25) is 0 Å². The molecular weight excluding hydrogens is 525 g/mol. The number of fused-ring (bicyclic) bond motifs is 1. The molecule has 41 heavy (non-hydrogen) atoms. The molecule has 0 unspecified atom stereocenters. The van der Waals surface area contributed by atoms with Crippen LogP contribution < -0.4 is 14.9 Å². The lowest BCUT2D eigenvalue weighted by atomic mass is 10.1. The van der Waals surface area contributed by atoms with Crippen molar-refractivity contribution in [3.8, 4) is 28.5 Å². The smallest absolute Gasteiger partial charge is 0.218 e. The molecule has 10 heteroatoms. The zero-order chi connectivity index (χ0) is 28.5. The largest absolute Gasteiger partial charge is 0.496 e. The highest BCUT2D eigenvalue weighted by Crippen LogP contribution is 2.35. The Kier molecular flexibility index (Phi) is 6.96. The Labute approximate surface area is 234 Å². The second kappa shape index (κ2) is 10.9. The summed E-state index contributed by atoms with van der Waals surface area (Å²) < 4.78 is 26.7. The second-order valence-corrected chi connectivity index (χ2v) is 9.82. The maximum atomic E-state index is 13.5. The standard InChI is InChI=1S/C31H26FN5O4/c1-3-18-12-25-23(13-28(18)40-2)27(10-11-33-25)41-22-15-34-29(35-16-22)14-26(38)24-17-37(21-8-9-21)36-30(31(24)39)19-4-6-20(32)7-5-19/h4-7,10-13,15-17,21H,3,8-9,14H2,1-2H3. The topological polar surface area (TPSA) is 109 Å². The Morgan fingerprint density at radius 3 is 2.49 bits per heavy atom. The van der Waals surface area contributed by atoms with Crippen molar-refractivity contribution >= 4 is 16.7 Å². The molecule has 6 rings (SSSR count). The average Bonchev–Trinajstić information content (AvgIpc) is 3.84. The molecule has 1 aliphatic rings. The van der Waals surface area contributed by atoms with Gasteiger partial charge in [0.2, 0.25) is 5.43 Å².